The molecule has 2 fully saturated rings. The molecule has 27 heavy (non-hydrogen) atoms. The van der Waals surface area contributed by atoms with Gasteiger partial charge in [0.25, 0.3) is 0 Å². The first kappa shape index (κ1) is 24.4. The molecule has 4 N–H and O–H groups in total. The number of hydrogen-bond donors (Lipinski definition) is 3. The summed E-state index contributed by atoms with van der Waals surface area (Å²) in [5.41, 5.74) is 5.45. The Labute approximate surface area is 181 Å². The summed E-state index contributed by atoms with van der Waals surface area (Å²) in [5.74, 6) is 0.791. The lowest BCUT2D eigenvalue weighted by atomic mass is 9.97. The highest BCUT2D eigenvalue weighted by Crippen LogP contribution is 2.15. The molecule has 0 radical (unpaired) electrons. The first-order valence-corrected chi connectivity index (χ1v) is 10.4. The summed E-state index contributed by atoms with van der Waals surface area (Å²) < 4.78 is 0. The maximum atomic E-state index is 11.4. The fraction of sp³-hybridized carbons (Fsp3) is 0.895. The Balaban J connectivity index is 0.00000364. The zero-order valence-electron chi connectivity index (χ0n) is 16.9. The van der Waals surface area contributed by atoms with Crippen LogP contribution in [0.4, 0.5) is 0 Å². The number of hydrogen-bond acceptors (Lipinski definition) is 4. The first-order chi connectivity index (χ1) is 12.7. The number of carbonyl (C=O) groups is 1. The van der Waals surface area contributed by atoms with Gasteiger partial charge in [0.05, 0.1) is 5.92 Å². The average molecular weight is 494 g/mol. The van der Waals surface area contributed by atoms with Gasteiger partial charge < -0.3 is 26.2 Å². The smallest absolute Gasteiger partial charge is 0.221 e. The van der Waals surface area contributed by atoms with Crippen molar-refractivity contribution in [3.8, 4) is 0 Å². The summed E-state index contributed by atoms with van der Waals surface area (Å²) in [6.45, 7) is 11.1. The van der Waals surface area contributed by atoms with Crippen molar-refractivity contribution in [1.82, 2.24) is 20.4 Å². The van der Waals surface area contributed by atoms with E-state index in [1.54, 1.807) is 0 Å². The molecule has 0 saturated carbocycles. The fourth-order valence-corrected chi connectivity index (χ4v) is 3.83. The second-order valence-electron chi connectivity index (χ2n) is 7.49. The van der Waals surface area contributed by atoms with E-state index in [-0.39, 0.29) is 35.8 Å². The number of likely N-dealkylation sites (tertiary alicyclic amines) is 2. The van der Waals surface area contributed by atoms with Gasteiger partial charge >= 0.3 is 0 Å². The third-order valence-electron chi connectivity index (χ3n) is 5.32. The highest BCUT2D eigenvalue weighted by molar-refractivity contribution is 14.0. The Kier molecular flexibility index (Phi) is 13.0. The molecular weight excluding hydrogens is 455 g/mol. The highest BCUT2D eigenvalue weighted by atomic mass is 127. The zero-order chi connectivity index (χ0) is 18.6. The van der Waals surface area contributed by atoms with Gasteiger partial charge in [-0.3, -0.25) is 9.79 Å². The van der Waals surface area contributed by atoms with Gasteiger partial charge in [-0.15, -0.1) is 24.0 Å². The standard InChI is InChI=1S/C19H38N6O.HI/c1-2-21-19(23-10-15-24-11-4-3-5-12-24)22-9-7-14-25-13-6-8-17(16-25)18(20)26;/h17H,2-16H2,1H3,(H2,20,26)(H2,21,22,23);1H. The number of primary amides is 1. The van der Waals surface area contributed by atoms with Crippen molar-refractivity contribution in [3.63, 3.8) is 0 Å². The lowest BCUT2D eigenvalue weighted by Gasteiger charge is -2.30. The Morgan fingerprint density at radius 1 is 1.07 bits per heavy atom. The second kappa shape index (κ2) is 14.4. The van der Waals surface area contributed by atoms with Crippen molar-refractivity contribution in [2.75, 3.05) is 58.9 Å². The van der Waals surface area contributed by atoms with Crippen LogP contribution in [-0.4, -0.2) is 80.6 Å². The van der Waals surface area contributed by atoms with Crippen LogP contribution >= 0.6 is 24.0 Å². The summed E-state index contributed by atoms with van der Waals surface area (Å²) >= 11 is 0. The number of carbonyl (C=O) groups excluding carboxylic acids is 1. The predicted octanol–water partition coefficient (Wildman–Crippen LogP) is 1.23. The van der Waals surface area contributed by atoms with Gasteiger partial charge in [-0.2, -0.15) is 0 Å². The molecule has 158 valence electrons. The topological polar surface area (TPSA) is 86.0 Å². The van der Waals surface area contributed by atoms with E-state index in [0.717, 1.165) is 71.0 Å². The molecule has 2 rings (SSSR count). The number of nitrogens with zero attached hydrogens (tertiary/aromatic N) is 3. The Hall–Kier alpha value is -0.610. The number of amides is 1. The van der Waals surface area contributed by atoms with Gasteiger partial charge in [0.15, 0.2) is 5.96 Å². The quantitative estimate of drug-likeness (QED) is 0.194. The minimum Gasteiger partial charge on any atom is -0.369 e. The molecule has 1 amide bonds. The largest absolute Gasteiger partial charge is 0.369 e. The van der Waals surface area contributed by atoms with Crippen molar-refractivity contribution in [2.24, 2.45) is 16.6 Å². The normalized spacial score (nSPS) is 22.1. The van der Waals surface area contributed by atoms with Crippen molar-refractivity contribution in [1.29, 1.82) is 0 Å². The SMILES string of the molecule is CCNC(=NCCCN1CCCC(C(N)=O)C1)NCCN1CCCCC1.I. The van der Waals surface area contributed by atoms with Crippen molar-refractivity contribution in [3.05, 3.63) is 0 Å². The summed E-state index contributed by atoms with van der Waals surface area (Å²) in [5, 5.41) is 6.78. The molecule has 2 aliphatic heterocycles. The fourth-order valence-electron chi connectivity index (χ4n) is 3.83. The molecule has 0 aromatic rings. The molecular formula is C19H39IN6O. The molecule has 8 heteroatoms. The van der Waals surface area contributed by atoms with E-state index >= 15 is 0 Å². The number of rotatable bonds is 9. The van der Waals surface area contributed by atoms with Crippen molar-refractivity contribution in [2.45, 2.75) is 45.4 Å². The van der Waals surface area contributed by atoms with Crippen molar-refractivity contribution >= 4 is 35.8 Å². The van der Waals surface area contributed by atoms with Crippen LogP contribution in [0.5, 0.6) is 0 Å². The van der Waals surface area contributed by atoms with E-state index in [2.05, 4.69) is 27.4 Å². The molecule has 0 aromatic carbocycles. The Morgan fingerprint density at radius 3 is 2.52 bits per heavy atom. The van der Waals surface area contributed by atoms with Crippen LogP contribution in [0.15, 0.2) is 4.99 Å². The monoisotopic (exact) mass is 494 g/mol. The lowest BCUT2D eigenvalue weighted by molar-refractivity contribution is -0.123. The molecule has 2 aliphatic rings. The Morgan fingerprint density at radius 2 is 1.81 bits per heavy atom. The van der Waals surface area contributed by atoms with Crippen LogP contribution in [0, 0.1) is 5.92 Å². The molecule has 2 heterocycles. The number of aliphatic imine (C=N–C) groups is 1. The number of nitrogens with one attached hydrogen (secondary N) is 2. The molecule has 0 spiro atoms. The molecule has 0 aliphatic carbocycles. The lowest BCUT2D eigenvalue weighted by Crippen LogP contribution is -2.43. The van der Waals surface area contributed by atoms with E-state index in [0.29, 0.717) is 0 Å². The van der Waals surface area contributed by atoms with E-state index in [1.807, 2.05) is 0 Å². The molecule has 2 saturated heterocycles. The molecule has 0 bridgehead atoms. The van der Waals surface area contributed by atoms with Crippen LogP contribution in [-0.2, 0) is 4.79 Å². The number of piperidine rings is 2. The minimum absolute atomic E-state index is 0. The van der Waals surface area contributed by atoms with Crippen LogP contribution in [0.2, 0.25) is 0 Å². The van der Waals surface area contributed by atoms with E-state index in [1.165, 1.54) is 32.4 Å². The number of nitrogens with two attached hydrogens (primary N) is 1. The molecule has 1 atom stereocenters. The predicted molar refractivity (Wildman–Crippen MR) is 123 cm³/mol. The summed E-state index contributed by atoms with van der Waals surface area (Å²) in [7, 11) is 0. The van der Waals surface area contributed by atoms with Crippen LogP contribution in [0.1, 0.15) is 45.4 Å². The average Bonchev–Trinajstić information content (AvgIpc) is 2.66. The van der Waals surface area contributed by atoms with Crippen LogP contribution in [0.25, 0.3) is 0 Å². The van der Waals surface area contributed by atoms with Gasteiger partial charge in [0, 0.05) is 32.7 Å². The molecule has 7 nitrogen and oxygen atoms in total. The second-order valence-corrected chi connectivity index (χ2v) is 7.49. The summed E-state index contributed by atoms with van der Waals surface area (Å²) in [6.07, 6.45) is 7.06. The zero-order valence-corrected chi connectivity index (χ0v) is 19.2. The van der Waals surface area contributed by atoms with Gasteiger partial charge in [0.2, 0.25) is 5.91 Å². The first-order valence-electron chi connectivity index (χ1n) is 10.4. The number of guanidine groups is 1. The van der Waals surface area contributed by atoms with E-state index in [9.17, 15) is 4.79 Å². The van der Waals surface area contributed by atoms with Crippen molar-refractivity contribution < 1.29 is 4.79 Å². The summed E-state index contributed by atoms with van der Waals surface area (Å²) in [4.78, 5) is 20.9. The van der Waals surface area contributed by atoms with E-state index < -0.39 is 0 Å². The van der Waals surface area contributed by atoms with Crippen LogP contribution < -0.4 is 16.4 Å². The van der Waals surface area contributed by atoms with Gasteiger partial charge in [-0.05, 0) is 65.2 Å². The third-order valence-corrected chi connectivity index (χ3v) is 5.32. The molecule has 1 unspecified atom stereocenters. The highest BCUT2D eigenvalue weighted by Gasteiger charge is 2.23. The van der Waals surface area contributed by atoms with E-state index in [4.69, 9.17) is 10.7 Å². The maximum absolute atomic E-state index is 11.4. The minimum atomic E-state index is -0.153. The molecule has 0 aromatic heterocycles. The summed E-state index contributed by atoms with van der Waals surface area (Å²) in [6, 6.07) is 0. The van der Waals surface area contributed by atoms with Gasteiger partial charge in [-0.1, -0.05) is 6.42 Å². The van der Waals surface area contributed by atoms with Crippen LogP contribution in [0.3, 0.4) is 0 Å². The number of halogens is 1. The van der Waals surface area contributed by atoms with Gasteiger partial charge in [0.1, 0.15) is 0 Å². The Bertz CT molecular complexity index is 442. The van der Waals surface area contributed by atoms with Gasteiger partial charge in [-0.25, -0.2) is 0 Å². The maximum Gasteiger partial charge on any atom is 0.221 e. The third kappa shape index (κ3) is 9.94.